The van der Waals surface area contributed by atoms with Crippen molar-refractivity contribution in [1.82, 2.24) is 0 Å². The maximum atomic E-state index is 10.7. The van der Waals surface area contributed by atoms with Gasteiger partial charge in [0.1, 0.15) is 0 Å². The van der Waals surface area contributed by atoms with E-state index in [1.807, 2.05) is 0 Å². The number of benzene rings is 1. The fourth-order valence-electron chi connectivity index (χ4n) is 1.12. The minimum Gasteiger partial charge on any atom is -0.269 e. The third-order valence-electron chi connectivity index (χ3n) is 1.91. The van der Waals surface area contributed by atoms with Gasteiger partial charge in [0.2, 0.25) is 0 Å². The molecule has 0 aromatic heterocycles. The van der Waals surface area contributed by atoms with Gasteiger partial charge in [-0.2, -0.15) is 20.2 Å². The molecule has 1 aromatic carbocycles. The summed E-state index contributed by atoms with van der Waals surface area (Å²) in [5, 5.41) is 0. The molecule has 0 fully saturated rings. The average molecular weight is 260 g/mol. The van der Waals surface area contributed by atoms with Crippen molar-refractivity contribution in [2.75, 3.05) is 18.6 Å². The summed E-state index contributed by atoms with van der Waals surface area (Å²) in [5.74, 6) is 1.56. The zero-order valence-corrected chi connectivity index (χ0v) is 11.1. The Morgan fingerprint density at radius 3 is 2.44 bits per heavy atom. The van der Waals surface area contributed by atoms with Crippen LogP contribution in [0.1, 0.15) is 11.1 Å². The standard InChI is InChI=1S/C11H16O3S2/c1-10-3-5-11(6-4-10)9-15-8-7-14-16(2,12)13/h3-6H,7-9H2,1-2H3. The van der Waals surface area contributed by atoms with E-state index in [-0.39, 0.29) is 6.61 Å². The molecule has 0 heterocycles. The molecule has 3 nitrogen and oxygen atoms in total. The highest BCUT2D eigenvalue weighted by Gasteiger charge is 2.00. The normalized spacial score (nSPS) is 11.6. The third-order valence-corrected chi connectivity index (χ3v) is 3.50. The fourth-order valence-corrected chi connectivity index (χ4v) is 2.38. The summed E-state index contributed by atoms with van der Waals surface area (Å²) in [6, 6.07) is 8.31. The van der Waals surface area contributed by atoms with Crippen molar-refractivity contribution >= 4 is 21.9 Å². The van der Waals surface area contributed by atoms with E-state index in [0.29, 0.717) is 5.75 Å². The first-order valence-electron chi connectivity index (χ1n) is 4.95. The molecule has 0 radical (unpaired) electrons. The Balaban J connectivity index is 2.19. The monoisotopic (exact) mass is 260 g/mol. The molecule has 0 saturated carbocycles. The Kier molecular flexibility index (Phi) is 5.31. The van der Waals surface area contributed by atoms with Crippen molar-refractivity contribution in [3.8, 4) is 0 Å². The first-order valence-corrected chi connectivity index (χ1v) is 7.92. The first kappa shape index (κ1) is 13.5. The van der Waals surface area contributed by atoms with E-state index in [0.717, 1.165) is 12.0 Å². The SMILES string of the molecule is Cc1ccc(CSCCOS(C)(=O)=O)cc1. The zero-order valence-electron chi connectivity index (χ0n) is 9.47. The summed E-state index contributed by atoms with van der Waals surface area (Å²) in [5.41, 5.74) is 2.49. The predicted octanol–water partition coefficient (Wildman–Crippen LogP) is 2.20. The number of thioether (sulfide) groups is 1. The molecule has 0 saturated heterocycles. The molecule has 0 amide bonds. The van der Waals surface area contributed by atoms with Crippen LogP contribution in [0.25, 0.3) is 0 Å². The molecule has 0 N–H and O–H groups in total. The van der Waals surface area contributed by atoms with Gasteiger partial charge in [-0.05, 0) is 12.5 Å². The fraction of sp³-hybridized carbons (Fsp3) is 0.455. The number of hydrogen-bond acceptors (Lipinski definition) is 4. The maximum Gasteiger partial charge on any atom is 0.264 e. The lowest BCUT2D eigenvalue weighted by Crippen LogP contribution is -2.05. The van der Waals surface area contributed by atoms with Gasteiger partial charge in [0.05, 0.1) is 12.9 Å². The highest BCUT2D eigenvalue weighted by atomic mass is 32.2. The Morgan fingerprint density at radius 2 is 1.88 bits per heavy atom. The van der Waals surface area contributed by atoms with Crippen LogP contribution in [0.4, 0.5) is 0 Å². The smallest absolute Gasteiger partial charge is 0.264 e. The van der Waals surface area contributed by atoms with E-state index in [4.69, 9.17) is 0 Å². The minimum absolute atomic E-state index is 0.245. The topological polar surface area (TPSA) is 43.4 Å². The van der Waals surface area contributed by atoms with Crippen LogP contribution >= 0.6 is 11.8 Å². The van der Waals surface area contributed by atoms with E-state index in [2.05, 4.69) is 35.4 Å². The van der Waals surface area contributed by atoms with Crippen LogP contribution in [-0.2, 0) is 20.1 Å². The summed E-state index contributed by atoms with van der Waals surface area (Å²) in [6.45, 7) is 2.30. The maximum absolute atomic E-state index is 10.7. The van der Waals surface area contributed by atoms with Crippen LogP contribution in [0.15, 0.2) is 24.3 Å². The molecular weight excluding hydrogens is 244 g/mol. The van der Waals surface area contributed by atoms with Crippen molar-refractivity contribution in [3.63, 3.8) is 0 Å². The molecule has 1 rings (SSSR count). The van der Waals surface area contributed by atoms with Gasteiger partial charge in [-0.15, -0.1) is 0 Å². The van der Waals surface area contributed by atoms with Crippen molar-refractivity contribution in [3.05, 3.63) is 35.4 Å². The predicted molar refractivity (Wildman–Crippen MR) is 68.1 cm³/mol. The van der Waals surface area contributed by atoms with Gasteiger partial charge in [0, 0.05) is 11.5 Å². The Morgan fingerprint density at radius 1 is 1.25 bits per heavy atom. The van der Waals surface area contributed by atoms with E-state index in [1.54, 1.807) is 11.8 Å². The molecule has 5 heteroatoms. The van der Waals surface area contributed by atoms with Crippen LogP contribution in [0.3, 0.4) is 0 Å². The quantitative estimate of drug-likeness (QED) is 0.581. The van der Waals surface area contributed by atoms with Crippen LogP contribution in [-0.4, -0.2) is 27.0 Å². The highest BCUT2D eigenvalue weighted by molar-refractivity contribution is 7.98. The second kappa shape index (κ2) is 6.27. The minimum atomic E-state index is -3.29. The van der Waals surface area contributed by atoms with E-state index in [9.17, 15) is 8.42 Å². The first-order chi connectivity index (χ1) is 7.47. The molecule has 1 aromatic rings. The van der Waals surface area contributed by atoms with Gasteiger partial charge in [-0.25, -0.2) is 0 Å². The van der Waals surface area contributed by atoms with Crippen molar-refractivity contribution in [2.24, 2.45) is 0 Å². The summed E-state index contributed by atoms with van der Waals surface area (Å²) in [4.78, 5) is 0. The largest absolute Gasteiger partial charge is 0.269 e. The molecule has 0 unspecified atom stereocenters. The second-order valence-electron chi connectivity index (χ2n) is 3.56. The van der Waals surface area contributed by atoms with Gasteiger partial charge in [0.25, 0.3) is 10.1 Å². The lowest BCUT2D eigenvalue weighted by Gasteiger charge is -2.02. The van der Waals surface area contributed by atoms with E-state index >= 15 is 0 Å². The molecule has 0 aliphatic rings. The lowest BCUT2D eigenvalue weighted by atomic mass is 10.2. The average Bonchev–Trinajstić information content (AvgIpc) is 2.19. The molecule has 0 atom stereocenters. The Hall–Kier alpha value is -0.520. The van der Waals surface area contributed by atoms with Gasteiger partial charge in [-0.1, -0.05) is 29.8 Å². The van der Waals surface area contributed by atoms with Gasteiger partial charge in [0.15, 0.2) is 0 Å². The Labute approximate surface area is 101 Å². The summed E-state index contributed by atoms with van der Waals surface area (Å²) in [6.07, 6.45) is 1.07. The van der Waals surface area contributed by atoms with Crippen LogP contribution in [0.5, 0.6) is 0 Å². The second-order valence-corrected chi connectivity index (χ2v) is 6.31. The summed E-state index contributed by atoms with van der Waals surface area (Å²) >= 11 is 1.66. The molecule has 16 heavy (non-hydrogen) atoms. The number of aryl methyl sites for hydroxylation is 1. The molecule has 0 bridgehead atoms. The van der Waals surface area contributed by atoms with Crippen molar-refractivity contribution in [1.29, 1.82) is 0 Å². The molecular formula is C11H16O3S2. The summed E-state index contributed by atoms with van der Waals surface area (Å²) < 4.78 is 26.0. The van der Waals surface area contributed by atoms with E-state index in [1.165, 1.54) is 11.1 Å². The number of rotatable bonds is 6. The number of hydrogen-bond donors (Lipinski definition) is 0. The van der Waals surface area contributed by atoms with Gasteiger partial charge < -0.3 is 0 Å². The molecule has 0 spiro atoms. The zero-order chi connectivity index (χ0) is 12.0. The van der Waals surface area contributed by atoms with Gasteiger partial charge in [-0.3, -0.25) is 4.18 Å². The van der Waals surface area contributed by atoms with Crippen LogP contribution in [0.2, 0.25) is 0 Å². The van der Waals surface area contributed by atoms with Crippen LogP contribution in [0, 0.1) is 6.92 Å². The Bertz CT molecular complexity index is 409. The van der Waals surface area contributed by atoms with Crippen LogP contribution < -0.4 is 0 Å². The molecule has 90 valence electrons. The van der Waals surface area contributed by atoms with Gasteiger partial charge >= 0.3 is 0 Å². The van der Waals surface area contributed by atoms with E-state index < -0.39 is 10.1 Å². The highest BCUT2D eigenvalue weighted by Crippen LogP contribution is 2.12. The van der Waals surface area contributed by atoms with Crippen molar-refractivity contribution < 1.29 is 12.6 Å². The molecule has 0 aliphatic carbocycles. The summed E-state index contributed by atoms with van der Waals surface area (Å²) in [7, 11) is -3.29. The third kappa shape index (κ3) is 6.15. The lowest BCUT2D eigenvalue weighted by molar-refractivity contribution is 0.345. The van der Waals surface area contributed by atoms with Crippen molar-refractivity contribution in [2.45, 2.75) is 12.7 Å². The molecule has 0 aliphatic heterocycles.